The Morgan fingerprint density at radius 2 is 2.00 bits per heavy atom. The lowest BCUT2D eigenvalue weighted by molar-refractivity contribution is 0.205. The number of aliphatic hydroxyl groups excluding tert-OH is 1. The normalized spacial score (nSPS) is 12.2. The quantitative estimate of drug-likeness (QED) is 0.513. The Hall–Kier alpha value is -1.35. The zero-order chi connectivity index (χ0) is 8.97. The van der Waals surface area contributed by atoms with E-state index in [-0.39, 0.29) is 5.90 Å². The van der Waals surface area contributed by atoms with E-state index in [0.29, 0.717) is 5.56 Å². The van der Waals surface area contributed by atoms with Gasteiger partial charge in [-0.25, -0.2) is 0 Å². The monoisotopic (exact) mass is 165 g/mol. The fraction of sp³-hybridized carbons (Fsp3) is 0.222. The molecule has 0 fully saturated rings. The van der Waals surface area contributed by atoms with Crippen LogP contribution in [0.4, 0.5) is 0 Å². The Bertz CT molecular complexity index is 258. The maximum atomic E-state index is 9.44. The van der Waals surface area contributed by atoms with Crippen molar-refractivity contribution in [2.45, 2.75) is 6.10 Å². The van der Waals surface area contributed by atoms with E-state index in [1.54, 1.807) is 12.1 Å². The van der Waals surface area contributed by atoms with Gasteiger partial charge in [-0.3, -0.25) is 5.41 Å². The smallest absolute Gasteiger partial charge is 0.214 e. The van der Waals surface area contributed by atoms with Crippen LogP contribution in [0.3, 0.4) is 0 Å². The number of methoxy groups -OCH3 is 1. The fourth-order valence-electron chi connectivity index (χ4n) is 0.898. The number of rotatable bonds is 2. The predicted molar refractivity (Wildman–Crippen MR) is 46.1 cm³/mol. The van der Waals surface area contributed by atoms with Gasteiger partial charge in [0.25, 0.3) is 0 Å². The zero-order valence-corrected chi connectivity index (χ0v) is 6.82. The van der Waals surface area contributed by atoms with E-state index in [9.17, 15) is 5.11 Å². The molecule has 1 rings (SSSR count). The number of hydrogen-bond acceptors (Lipinski definition) is 3. The van der Waals surface area contributed by atoms with Crippen molar-refractivity contribution in [3.05, 3.63) is 35.9 Å². The minimum atomic E-state index is -0.948. The summed E-state index contributed by atoms with van der Waals surface area (Å²) >= 11 is 0. The molecule has 0 aliphatic rings. The highest BCUT2D eigenvalue weighted by Crippen LogP contribution is 2.12. The molecule has 64 valence electrons. The maximum absolute atomic E-state index is 9.44. The average Bonchev–Trinajstić information content (AvgIpc) is 2.17. The summed E-state index contributed by atoms with van der Waals surface area (Å²) in [7, 11) is 1.37. The summed E-state index contributed by atoms with van der Waals surface area (Å²) in [5.74, 6) is -0.138. The van der Waals surface area contributed by atoms with Crippen LogP contribution in [0.2, 0.25) is 0 Å². The summed E-state index contributed by atoms with van der Waals surface area (Å²) < 4.78 is 4.60. The summed E-state index contributed by atoms with van der Waals surface area (Å²) in [5.41, 5.74) is 0.671. The molecule has 0 spiro atoms. The molecule has 0 aromatic heterocycles. The first-order valence-corrected chi connectivity index (χ1v) is 3.61. The summed E-state index contributed by atoms with van der Waals surface area (Å²) in [5, 5.41) is 16.6. The molecule has 0 bridgehead atoms. The van der Waals surface area contributed by atoms with Gasteiger partial charge in [0.15, 0.2) is 6.10 Å². The molecule has 0 aliphatic carbocycles. The second kappa shape index (κ2) is 3.88. The minimum Gasteiger partial charge on any atom is -0.482 e. The third kappa shape index (κ3) is 1.83. The molecule has 1 aromatic carbocycles. The molecule has 0 saturated carbocycles. The van der Waals surface area contributed by atoms with Crippen LogP contribution in [0.5, 0.6) is 0 Å². The van der Waals surface area contributed by atoms with Crippen molar-refractivity contribution in [2.24, 2.45) is 0 Å². The molecule has 0 radical (unpaired) electrons. The first-order chi connectivity index (χ1) is 5.75. The lowest BCUT2D eigenvalue weighted by Crippen LogP contribution is -2.12. The van der Waals surface area contributed by atoms with E-state index in [1.165, 1.54) is 7.11 Å². The van der Waals surface area contributed by atoms with E-state index >= 15 is 0 Å². The molecule has 2 N–H and O–H groups in total. The van der Waals surface area contributed by atoms with Gasteiger partial charge < -0.3 is 9.84 Å². The molecule has 0 aliphatic heterocycles. The van der Waals surface area contributed by atoms with Gasteiger partial charge in [0.1, 0.15) is 0 Å². The second-order valence-electron chi connectivity index (χ2n) is 2.38. The number of aliphatic hydroxyl groups is 1. The minimum absolute atomic E-state index is 0.138. The van der Waals surface area contributed by atoms with Gasteiger partial charge in [0.05, 0.1) is 7.11 Å². The highest BCUT2D eigenvalue weighted by Gasteiger charge is 2.12. The van der Waals surface area contributed by atoms with Gasteiger partial charge in [-0.15, -0.1) is 0 Å². The highest BCUT2D eigenvalue weighted by molar-refractivity contribution is 5.78. The lowest BCUT2D eigenvalue weighted by Gasteiger charge is -2.09. The summed E-state index contributed by atoms with van der Waals surface area (Å²) in [6.45, 7) is 0. The van der Waals surface area contributed by atoms with Gasteiger partial charge in [-0.05, 0) is 5.56 Å². The van der Waals surface area contributed by atoms with Crippen LogP contribution in [-0.4, -0.2) is 18.1 Å². The van der Waals surface area contributed by atoms with E-state index in [4.69, 9.17) is 5.41 Å². The van der Waals surface area contributed by atoms with Gasteiger partial charge in [0.2, 0.25) is 5.90 Å². The van der Waals surface area contributed by atoms with Crippen molar-refractivity contribution in [2.75, 3.05) is 7.11 Å². The molecule has 3 nitrogen and oxygen atoms in total. The van der Waals surface area contributed by atoms with Crippen molar-refractivity contribution < 1.29 is 9.84 Å². The Balaban J connectivity index is 2.78. The number of hydrogen-bond donors (Lipinski definition) is 2. The SMILES string of the molecule is COC(=N)C(O)c1ccccc1. The van der Waals surface area contributed by atoms with Gasteiger partial charge in [-0.1, -0.05) is 30.3 Å². The van der Waals surface area contributed by atoms with Gasteiger partial charge in [0, 0.05) is 0 Å². The maximum Gasteiger partial charge on any atom is 0.214 e. The third-order valence-electron chi connectivity index (χ3n) is 1.58. The molecule has 3 heteroatoms. The Morgan fingerprint density at radius 1 is 1.42 bits per heavy atom. The van der Waals surface area contributed by atoms with Crippen LogP contribution in [0, 0.1) is 5.41 Å². The van der Waals surface area contributed by atoms with E-state index in [2.05, 4.69) is 4.74 Å². The van der Waals surface area contributed by atoms with Crippen LogP contribution in [0.25, 0.3) is 0 Å². The van der Waals surface area contributed by atoms with Gasteiger partial charge in [-0.2, -0.15) is 0 Å². The highest BCUT2D eigenvalue weighted by atomic mass is 16.5. The molecule has 1 unspecified atom stereocenters. The van der Waals surface area contributed by atoms with Crippen molar-refractivity contribution in [1.82, 2.24) is 0 Å². The molecular formula is C9H11NO2. The molecule has 1 atom stereocenters. The zero-order valence-electron chi connectivity index (χ0n) is 6.82. The molecule has 1 aromatic rings. The van der Waals surface area contributed by atoms with Crippen molar-refractivity contribution in [3.8, 4) is 0 Å². The van der Waals surface area contributed by atoms with Crippen LogP contribution >= 0.6 is 0 Å². The second-order valence-corrected chi connectivity index (χ2v) is 2.38. The number of benzene rings is 1. The average molecular weight is 165 g/mol. The summed E-state index contributed by atoms with van der Waals surface area (Å²) in [6, 6.07) is 8.96. The number of ether oxygens (including phenoxy) is 1. The molecule has 12 heavy (non-hydrogen) atoms. The molecule has 0 heterocycles. The first-order valence-electron chi connectivity index (χ1n) is 3.61. The third-order valence-corrected chi connectivity index (χ3v) is 1.58. The number of nitrogens with one attached hydrogen (secondary N) is 1. The standard InChI is InChI=1S/C9H11NO2/c1-12-9(10)8(11)7-5-3-2-4-6-7/h2-6,8,10-11H,1H3. The van der Waals surface area contributed by atoms with E-state index in [0.717, 1.165) is 0 Å². The van der Waals surface area contributed by atoms with Crippen LogP contribution in [0.1, 0.15) is 11.7 Å². The van der Waals surface area contributed by atoms with Crippen LogP contribution < -0.4 is 0 Å². The van der Waals surface area contributed by atoms with Crippen LogP contribution in [0.15, 0.2) is 30.3 Å². The fourth-order valence-corrected chi connectivity index (χ4v) is 0.898. The largest absolute Gasteiger partial charge is 0.482 e. The Labute approximate surface area is 71.1 Å². The lowest BCUT2D eigenvalue weighted by atomic mass is 10.1. The van der Waals surface area contributed by atoms with Crippen molar-refractivity contribution in [1.29, 1.82) is 5.41 Å². The molecular weight excluding hydrogens is 154 g/mol. The Kier molecular flexibility index (Phi) is 2.82. The molecule has 0 amide bonds. The van der Waals surface area contributed by atoms with Crippen LogP contribution in [-0.2, 0) is 4.74 Å². The van der Waals surface area contributed by atoms with Gasteiger partial charge >= 0.3 is 0 Å². The Morgan fingerprint density at radius 3 is 2.50 bits per heavy atom. The molecule has 0 saturated heterocycles. The van der Waals surface area contributed by atoms with E-state index < -0.39 is 6.10 Å². The predicted octanol–water partition coefficient (Wildman–Crippen LogP) is 1.34. The first kappa shape index (κ1) is 8.74. The van der Waals surface area contributed by atoms with E-state index in [1.807, 2.05) is 18.2 Å². The summed E-state index contributed by atoms with van der Waals surface area (Å²) in [4.78, 5) is 0. The summed E-state index contributed by atoms with van der Waals surface area (Å²) in [6.07, 6.45) is -0.948. The topological polar surface area (TPSA) is 53.3 Å². The van der Waals surface area contributed by atoms with Crippen molar-refractivity contribution in [3.63, 3.8) is 0 Å². The van der Waals surface area contributed by atoms with Crippen molar-refractivity contribution >= 4 is 5.90 Å².